The lowest BCUT2D eigenvalue weighted by atomic mass is 10.0. The molecule has 1 saturated heterocycles. The van der Waals surface area contributed by atoms with Gasteiger partial charge in [0.1, 0.15) is 5.76 Å². The van der Waals surface area contributed by atoms with E-state index in [0.717, 1.165) is 0 Å². The van der Waals surface area contributed by atoms with Gasteiger partial charge in [0.2, 0.25) is 17.6 Å². The van der Waals surface area contributed by atoms with E-state index in [1.165, 1.54) is 6.07 Å². The summed E-state index contributed by atoms with van der Waals surface area (Å²) in [4.78, 5) is 33.3. The smallest absolute Gasteiger partial charge is 0.371 e. The SMILES string of the molecule is CC(NC1CCC(=O)NC1=O)c1ccc(C(=O)O)o1. The lowest BCUT2D eigenvalue weighted by molar-refractivity contribution is -0.134. The van der Waals surface area contributed by atoms with Gasteiger partial charge in [-0.15, -0.1) is 0 Å². The van der Waals surface area contributed by atoms with Gasteiger partial charge < -0.3 is 9.52 Å². The highest BCUT2D eigenvalue weighted by atomic mass is 16.4. The van der Waals surface area contributed by atoms with Gasteiger partial charge in [-0.2, -0.15) is 0 Å². The van der Waals surface area contributed by atoms with Crippen LogP contribution in [0.25, 0.3) is 0 Å². The Kier molecular flexibility index (Phi) is 3.66. The predicted octanol–water partition coefficient (Wildman–Crippen LogP) is 0.434. The van der Waals surface area contributed by atoms with E-state index in [9.17, 15) is 14.4 Å². The Bertz CT molecular complexity index is 522. The van der Waals surface area contributed by atoms with E-state index in [2.05, 4.69) is 10.6 Å². The number of nitrogens with one attached hydrogen (secondary N) is 2. The molecule has 0 spiro atoms. The van der Waals surface area contributed by atoms with Crippen LogP contribution in [0.3, 0.4) is 0 Å². The van der Waals surface area contributed by atoms with Gasteiger partial charge in [0.05, 0.1) is 12.1 Å². The molecule has 1 aliphatic rings. The molecule has 0 aromatic carbocycles. The number of aromatic carboxylic acids is 1. The Morgan fingerprint density at radius 2 is 2.26 bits per heavy atom. The summed E-state index contributed by atoms with van der Waals surface area (Å²) in [5, 5.41) is 14.0. The number of amides is 2. The molecular formula is C12H14N2O5. The molecular weight excluding hydrogens is 252 g/mol. The fraction of sp³-hybridized carbons (Fsp3) is 0.417. The quantitative estimate of drug-likeness (QED) is 0.682. The van der Waals surface area contributed by atoms with E-state index in [0.29, 0.717) is 12.2 Å². The van der Waals surface area contributed by atoms with E-state index in [-0.39, 0.29) is 30.0 Å². The van der Waals surface area contributed by atoms with Gasteiger partial charge in [-0.05, 0) is 25.5 Å². The Morgan fingerprint density at radius 3 is 2.84 bits per heavy atom. The molecule has 1 aromatic heterocycles. The van der Waals surface area contributed by atoms with Gasteiger partial charge in [0.15, 0.2) is 0 Å². The van der Waals surface area contributed by atoms with Crippen molar-refractivity contribution in [2.45, 2.75) is 31.8 Å². The van der Waals surface area contributed by atoms with Crippen molar-refractivity contribution in [3.05, 3.63) is 23.7 Å². The maximum atomic E-state index is 11.6. The van der Waals surface area contributed by atoms with Crippen molar-refractivity contribution in [1.82, 2.24) is 10.6 Å². The van der Waals surface area contributed by atoms with Gasteiger partial charge in [-0.3, -0.25) is 20.2 Å². The van der Waals surface area contributed by atoms with Gasteiger partial charge in [0.25, 0.3) is 0 Å². The van der Waals surface area contributed by atoms with Crippen LogP contribution in [0.15, 0.2) is 16.5 Å². The maximum absolute atomic E-state index is 11.6. The van der Waals surface area contributed by atoms with Crippen LogP contribution >= 0.6 is 0 Å². The summed E-state index contributed by atoms with van der Waals surface area (Å²) in [7, 11) is 0. The number of carboxylic acid groups (broad SMARTS) is 1. The summed E-state index contributed by atoms with van der Waals surface area (Å²) in [5.74, 6) is -1.50. The minimum absolute atomic E-state index is 0.146. The van der Waals surface area contributed by atoms with E-state index >= 15 is 0 Å². The zero-order chi connectivity index (χ0) is 14.0. The maximum Gasteiger partial charge on any atom is 0.371 e. The Hall–Kier alpha value is -2.15. The molecule has 19 heavy (non-hydrogen) atoms. The van der Waals surface area contributed by atoms with E-state index in [1.807, 2.05) is 0 Å². The number of hydrogen-bond acceptors (Lipinski definition) is 5. The monoisotopic (exact) mass is 266 g/mol. The second-order valence-electron chi connectivity index (χ2n) is 4.40. The number of piperidine rings is 1. The van der Waals surface area contributed by atoms with Crippen LogP contribution in [0.4, 0.5) is 0 Å². The number of imide groups is 1. The molecule has 2 unspecified atom stereocenters. The van der Waals surface area contributed by atoms with Gasteiger partial charge >= 0.3 is 5.97 Å². The first-order chi connectivity index (χ1) is 8.97. The molecule has 1 aromatic rings. The largest absolute Gasteiger partial charge is 0.475 e. The number of carbonyl (C=O) groups excluding carboxylic acids is 2. The second kappa shape index (κ2) is 5.23. The molecule has 2 rings (SSSR count). The first kappa shape index (κ1) is 13.3. The van der Waals surface area contributed by atoms with Gasteiger partial charge in [-0.25, -0.2) is 4.79 Å². The number of hydrogen-bond donors (Lipinski definition) is 3. The first-order valence-electron chi connectivity index (χ1n) is 5.90. The van der Waals surface area contributed by atoms with Crippen LogP contribution in [-0.4, -0.2) is 28.9 Å². The number of carbonyl (C=O) groups is 3. The lowest BCUT2D eigenvalue weighted by Gasteiger charge is -2.24. The molecule has 1 aliphatic heterocycles. The fourth-order valence-electron chi connectivity index (χ4n) is 1.94. The zero-order valence-electron chi connectivity index (χ0n) is 10.3. The van der Waals surface area contributed by atoms with Crippen molar-refractivity contribution in [3.8, 4) is 0 Å². The molecule has 1 fully saturated rings. The lowest BCUT2D eigenvalue weighted by Crippen LogP contribution is -2.51. The molecule has 0 bridgehead atoms. The number of rotatable bonds is 4. The molecule has 0 radical (unpaired) electrons. The average Bonchev–Trinajstić information content (AvgIpc) is 2.82. The molecule has 0 saturated carbocycles. The fourth-order valence-corrected chi connectivity index (χ4v) is 1.94. The number of furan rings is 1. The summed E-state index contributed by atoms with van der Waals surface area (Å²) in [6, 6.07) is 2.11. The summed E-state index contributed by atoms with van der Waals surface area (Å²) >= 11 is 0. The molecule has 3 N–H and O–H groups in total. The third-order valence-electron chi connectivity index (χ3n) is 2.95. The first-order valence-corrected chi connectivity index (χ1v) is 5.90. The molecule has 102 valence electrons. The highest BCUT2D eigenvalue weighted by Gasteiger charge is 2.28. The van der Waals surface area contributed by atoms with E-state index < -0.39 is 12.0 Å². The minimum Gasteiger partial charge on any atom is -0.475 e. The summed E-state index contributed by atoms with van der Waals surface area (Å²) in [5.41, 5.74) is 0. The van der Waals surface area contributed by atoms with Crippen molar-refractivity contribution in [3.63, 3.8) is 0 Å². The standard InChI is InChI=1S/C12H14N2O5/c1-6(8-3-4-9(19-8)12(17)18)13-7-2-5-10(15)14-11(7)16/h3-4,6-7,13H,2,5H2,1H3,(H,17,18)(H,14,15,16). The van der Waals surface area contributed by atoms with Crippen LogP contribution in [0, 0.1) is 0 Å². The normalized spacial score (nSPS) is 21.0. The zero-order valence-corrected chi connectivity index (χ0v) is 10.3. The van der Waals surface area contributed by atoms with Crippen LogP contribution < -0.4 is 10.6 Å². The Balaban J connectivity index is 2.00. The van der Waals surface area contributed by atoms with E-state index in [1.54, 1.807) is 13.0 Å². The number of carboxylic acids is 1. The van der Waals surface area contributed by atoms with Crippen molar-refractivity contribution >= 4 is 17.8 Å². The Labute approximate surface area is 109 Å². The Morgan fingerprint density at radius 1 is 1.53 bits per heavy atom. The second-order valence-corrected chi connectivity index (χ2v) is 4.40. The van der Waals surface area contributed by atoms with Crippen LogP contribution in [0.5, 0.6) is 0 Å². The van der Waals surface area contributed by atoms with Gasteiger partial charge in [0, 0.05) is 6.42 Å². The van der Waals surface area contributed by atoms with Crippen molar-refractivity contribution in [2.75, 3.05) is 0 Å². The summed E-state index contributed by atoms with van der Waals surface area (Å²) in [6.07, 6.45) is 0.705. The van der Waals surface area contributed by atoms with Crippen LogP contribution in [0.1, 0.15) is 42.1 Å². The molecule has 7 heteroatoms. The molecule has 2 amide bonds. The minimum atomic E-state index is -1.14. The predicted molar refractivity (Wildman–Crippen MR) is 63.4 cm³/mol. The van der Waals surface area contributed by atoms with Crippen molar-refractivity contribution in [1.29, 1.82) is 0 Å². The van der Waals surface area contributed by atoms with Crippen molar-refractivity contribution < 1.29 is 23.9 Å². The molecule has 2 heterocycles. The molecule has 7 nitrogen and oxygen atoms in total. The van der Waals surface area contributed by atoms with E-state index in [4.69, 9.17) is 9.52 Å². The van der Waals surface area contributed by atoms with Crippen LogP contribution in [-0.2, 0) is 9.59 Å². The highest BCUT2D eigenvalue weighted by molar-refractivity contribution is 6.00. The third-order valence-corrected chi connectivity index (χ3v) is 2.95. The average molecular weight is 266 g/mol. The third kappa shape index (κ3) is 3.00. The summed E-state index contributed by atoms with van der Waals surface area (Å²) in [6.45, 7) is 1.76. The topological polar surface area (TPSA) is 109 Å². The highest BCUT2D eigenvalue weighted by Crippen LogP contribution is 2.18. The van der Waals surface area contributed by atoms with Crippen molar-refractivity contribution in [2.24, 2.45) is 0 Å². The molecule has 0 aliphatic carbocycles. The van der Waals surface area contributed by atoms with Gasteiger partial charge in [-0.1, -0.05) is 0 Å². The summed E-state index contributed by atoms with van der Waals surface area (Å²) < 4.78 is 5.14. The molecule has 2 atom stereocenters. The van der Waals surface area contributed by atoms with Crippen LogP contribution in [0.2, 0.25) is 0 Å².